The molecule has 1 N–H and O–H groups in total. The molecule has 0 spiro atoms. The third kappa shape index (κ3) is 3.13. The lowest BCUT2D eigenvalue weighted by Crippen LogP contribution is -2.37. The number of rotatable bonds is 2. The molecule has 0 aromatic carbocycles. The number of hydrogen-bond donors (Lipinski definition) is 1. The maximum absolute atomic E-state index is 13.3. The van der Waals surface area contributed by atoms with E-state index in [0.717, 1.165) is 84.8 Å². The Morgan fingerprint density at radius 1 is 1.21 bits per heavy atom. The molecule has 5 rings (SSSR count). The Balaban J connectivity index is 1.36. The van der Waals surface area contributed by atoms with E-state index in [1.165, 1.54) is 12.8 Å². The van der Waals surface area contributed by atoms with Crippen LogP contribution in [0.4, 0.5) is 0 Å². The van der Waals surface area contributed by atoms with Crippen LogP contribution < -0.4 is 5.32 Å². The highest BCUT2D eigenvalue weighted by molar-refractivity contribution is 5.97. The minimum Gasteiger partial charge on any atom is -0.465 e. The van der Waals surface area contributed by atoms with Crippen molar-refractivity contribution in [3.05, 3.63) is 45.9 Å². The van der Waals surface area contributed by atoms with Gasteiger partial charge in [0.15, 0.2) is 0 Å². The van der Waals surface area contributed by atoms with Gasteiger partial charge in [-0.2, -0.15) is 0 Å². The Kier molecular flexibility index (Phi) is 4.67. The van der Waals surface area contributed by atoms with E-state index in [4.69, 9.17) is 9.40 Å². The van der Waals surface area contributed by atoms with Crippen LogP contribution in [0.5, 0.6) is 0 Å². The molecule has 1 aliphatic carbocycles. The molecule has 1 amide bonds. The third-order valence-corrected chi connectivity index (χ3v) is 6.42. The van der Waals surface area contributed by atoms with Crippen LogP contribution in [0, 0.1) is 6.92 Å². The van der Waals surface area contributed by atoms with Gasteiger partial charge in [-0.25, -0.2) is 9.97 Å². The van der Waals surface area contributed by atoms with Gasteiger partial charge in [0.05, 0.1) is 17.3 Å². The smallest absolute Gasteiger partial charge is 0.257 e. The molecule has 2 aromatic rings. The molecule has 2 aliphatic heterocycles. The highest BCUT2D eigenvalue weighted by Gasteiger charge is 2.31. The van der Waals surface area contributed by atoms with Crippen LogP contribution in [0.2, 0.25) is 0 Å². The summed E-state index contributed by atoms with van der Waals surface area (Å²) in [4.78, 5) is 24.7. The zero-order chi connectivity index (χ0) is 19.1. The first-order valence-electron chi connectivity index (χ1n) is 10.7. The van der Waals surface area contributed by atoms with Crippen molar-refractivity contribution in [3.63, 3.8) is 0 Å². The molecule has 1 atom stereocenters. The van der Waals surface area contributed by atoms with Gasteiger partial charge < -0.3 is 14.6 Å². The number of carbonyl (C=O) groups excluding carboxylic acids is 1. The quantitative estimate of drug-likeness (QED) is 0.866. The van der Waals surface area contributed by atoms with Gasteiger partial charge in [-0.1, -0.05) is 6.42 Å². The van der Waals surface area contributed by atoms with Crippen molar-refractivity contribution in [1.29, 1.82) is 0 Å². The fourth-order valence-corrected chi connectivity index (χ4v) is 4.89. The maximum Gasteiger partial charge on any atom is 0.257 e. The van der Waals surface area contributed by atoms with Gasteiger partial charge in [-0.3, -0.25) is 4.79 Å². The largest absolute Gasteiger partial charge is 0.465 e. The third-order valence-electron chi connectivity index (χ3n) is 6.42. The van der Waals surface area contributed by atoms with Crippen LogP contribution in [-0.2, 0) is 25.8 Å². The minimum absolute atomic E-state index is 0.105. The van der Waals surface area contributed by atoms with Crippen LogP contribution in [0.25, 0.3) is 0 Å². The summed E-state index contributed by atoms with van der Waals surface area (Å²) in [5.74, 6) is 2.82. The molecule has 4 heterocycles. The fraction of sp³-hybridized carbons (Fsp3) is 0.591. The molecule has 28 heavy (non-hydrogen) atoms. The Bertz CT molecular complexity index is 898. The van der Waals surface area contributed by atoms with Gasteiger partial charge in [0.25, 0.3) is 5.91 Å². The van der Waals surface area contributed by atoms with Crippen LogP contribution in [0.1, 0.15) is 82.7 Å². The molecular formula is C22H28N4O2. The van der Waals surface area contributed by atoms with E-state index in [2.05, 4.69) is 10.3 Å². The van der Waals surface area contributed by atoms with Crippen LogP contribution in [0.3, 0.4) is 0 Å². The second-order valence-electron chi connectivity index (χ2n) is 8.32. The van der Waals surface area contributed by atoms with E-state index < -0.39 is 0 Å². The van der Waals surface area contributed by atoms with Crippen molar-refractivity contribution in [1.82, 2.24) is 20.2 Å². The van der Waals surface area contributed by atoms with Crippen molar-refractivity contribution in [2.45, 2.75) is 70.9 Å². The molecule has 0 saturated carbocycles. The van der Waals surface area contributed by atoms with Crippen molar-refractivity contribution >= 4 is 5.91 Å². The SMILES string of the molecule is Cc1oc2c(c1C(=O)N1CCc3nc(C4CCCCN4)ncc3C1)CCCC2. The molecular weight excluding hydrogens is 352 g/mol. The second kappa shape index (κ2) is 7.32. The number of furan rings is 1. The topological polar surface area (TPSA) is 71.3 Å². The molecule has 6 heteroatoms. The Hall–Kier alpha value is -2.21. The molecule has 148 valence electrons. The van der Waals surface area contributed by atoms with E-state index >= 15 is 0 Å². The summed E-state index contributed by atoms with van der Waals surface area (Å²) < 4.78 is 5.92. The van der Waals surface area contributed by atoms with Gasteiger partial charge in [0, 0.05) is 43.3 Å². The van der Waals surface area contributed by atoms with E-state index in [0.29, 0.717) is 13.1 Å². The summed E-state index contributed by atoms with van der Waals surface area (Å²) in [7, 11) is 0. The standard InChI is InChI=1S/C22H28N4O2/c1-14-20(16-6-2-3-8-19(16)28-14)22(27)26-11-9-17-15(13-26)12-24-21(25-17)18-7-4-5-10-23-18/h12,18,23H,2-11,13H2,1H3. The normalized spacial score (nSPS) is 21.9. The molecule has 0 bridgehead atoms. The van der Waals surface area contributed by atoms with Crippen molar-refractivity contribution < 1.29 is 9.21 Å². The molecule has 6 nitrogen and oxygen atoms in total. The van der Waals surface area contributed by atoms with Crippen LogP contribution in [0.15, 0.2) is 10.6 Å². The van der Waals surface area contributed by atoms with E-state index in [1.54, 1.807) is 0 Å². The first-order chi connectivity index (χ1) is 13.7. The van der Waals surface area contributed by atoms with Crippen molar-refractivity contribution in [2.24, 2.45) is 0 Å². The lowest BCUT2D eigenvalue weighted by molar-refractivity contribution is 0.0730. The monoisotopic (exact) mass is 380 g/mol. The number of fused-ring (bicyclic) bond motifs is 2. The average molecular weight is 380 g/mol. The number of nitrogens with zero attached hydrogens (tertiary/aromatic N) is 3. The van der Waals surface area contributed by atoms with Gasteiger partial charge in [0.1, 0.15) is 17.3 Å². The Morgan fingerprint density at radius 2 is 2.11 bits per heavy atom. The second-order valence-corrected chi connectivity index (χ2v) is 8.32. The zero-order valence-corrected chi connectivity index (χ0v) is 16.6. The number of aryl methyl sites for hydroxylation is 2. The van der Waals surface area contributed by atoms with E-state index in [-0.39, 0.29) is 11.9 Å². The highest BCUT2D eigenvalue weighted by atomic mass is 16.3. The first kappa shape index (κ1) is 17.9. The summed E-state index contributed by atoms with van der Waals surface area (Å²) >= 11 is 0. The molecule has 1 unspecified atom stereocenters. The fourth-order valence-electron chi connectivity index (χ4n) is 4.89. The predicted octanol–water partition coefficient (Wildman–Crippen LogP) is 3.27. The summed E-state index contributed by atoms with van der Waals surface area (Å²) in [6, 6.07) is 0.277. The molecule has 0 radical (unpaired) electrons. The number of carbonyl (C=O) groups is 1. The zero-order valence-electron chi connectivity index (χ0n) is 16.6. The van der Waals surface area contributed by atoms with Crippen LogP contribution in [-0.4, -0.2) is 33.9 Å². The molecule has 1 fully saturated rings. The van der Waals surface area contributed by atoms with Gasteiger partial charge >= 0.3 is 0 Å². The number of nitrogens with one attached hydrogen (secondary N) is 1. The lowest BCUT2D eigenvalue weighted by Gasteiger charge is -2.29. The summed E-state index contributed by atoms with van der Waals surface area (Å²) in [5.41, 5.74) is 4.14. The van der Waals surface area contributed by atoms with Gasteiger partial charge in [0.2, 0.25) is 0 Å². The summed E-state index contributed by atoms with van der Waals surface area (Å²) in [5, 5.41) is 3.52. The summed E-state index contributed by atoms with van der Waals surface area (Å²) in [6.45, 7) is 4.27. The lowest BCUT2D eigenvalue weighted by atomic mass is 9.93. The number of piperidine rings is 1. The number of hydrogen-bond acceptors (Lipinski definition) is 5. The molecule has 1 saturated heterocycles. The maximum atomic E-state index is 13.3. The highest BCUT2D eigenvalue weighted by Crippen LogP contribution is 2.31. The Labute approximate surface area is 165 Å². The molecule has 2 aromatic heterocycles. The number of amides is 1. The van der Waals surface area contributed by atoms with Crippen molar-refractivity contribution in [2.75, 3.05) is 13.1 Å². The van der Waals surface area contributed by atoms with Crippen molar-refractivity contribution in [3.8, 4) is 0 Å². The number of aromatic nitrogens is 2. The summed E-state index contributed by atoms with van der Waals surface area (Å²) in [6.07, 6.45) is 10.5. The Morgan fingerprint density at radius 3 is 2.96 bits per heavy atom. The first-order valence-corrected chi connectivity index (χ1v) is 10.7. The molecule has 3 aliphatic rings. The van der Waals surface area contributed by atoms with Gasteiger partial charge in [-0.15, -0.1) is 0 Å². The van der Waals surface area contributed by atoms with Gasteiger partial charge in [-0.05, 0) is 45.6 Å². The van der Waals surface area contributed by atoms with E-state index in [1.807, 2.05) is 18.0 Å². The van der Waals surface area contributed by atoms with E-state index in [9.17, 15) is 4.79 Å². The predicted molar refractivity (Wildman–Crippen MR) is 105 cm³/mol. The minimum atomic E-state index is 0.105. The van der Waals surface area contributed by atoms with Crippen LogP contribution >= 0.6 is 0 Å². The average Bonchev–Trinajstić information content (AvgIpc) is 3.08.